The third kappa shape index (κ3) is 5.70. The molecule has 15 heavy (non-hydrogen) atoms. The highest BCUT2D eigenvalue weighted by molar-refractivity contribution is 5.90. The van der Waals surface area contributed by atoms with E-state index in [4.69, 9.17) is 10.2 Å². The standard InChI is InChI=1S/C7H6O3.C4H11N/c8-6-4-2-1-3-5(6)7(9)10;1-3-5-4-2/h1-4,8H,(H,9,10);5H,3-4H2,1-2H3/p+1. The maximum absolute atomic E-state index is 10.3. The molecule has 4 N–H and O–H groups in total. The molecule has 0 aliphatic rings. The van der Waals surface area contributed by atoms with Crippen LogP contribution < -0.4 is 5.32 Å². The summed E-state index contributed by atoms with van der Waals surface area (Å²) in [5, 5.41) is 19.6. The fraction of sp³-hybridized carbons (Fsp3) is 0.364. The van der Waals surface area contributed by atoms with Crippen LogP contribution in [0.2, 0.25) is 0 Å². The minimum atomic E-state index is -1.11. The zero-order valence-corrected chi connectivity index (χ0v) is 9.10. The second-order valence-corrected chi connectivity index (χ2v) is 2.93. The molecule has 0 aromatic heterocycles. The first-order chi connectivity index (χ1) is 7.13. The van der Waals surface area contributed by atoms with E-state index in [-0.39, 0.29) is 11.3 Å². The van der Waals surface area contributed by atoms with Gasteiger partial charge in [-0.3, -0.25) is 0 Å². The minimum Gasteiger partial charge on any atom is -0.507 e. The van der Waals surface area contributed by atoms with Gasteiger partial charge >= 0.3 is 5.97 Å². The Morgan fingerprint density at radius 1 is 1.27 bits per heavy atom. The summed E-state index contributed by atoms with van der Waals surface area (Å²) in [6.07, 6.45) is 0. The van der Waals surface area contributed by atoms with E-state index in [9.17, 15) is 4.79 Å². The van der Waals surface area contributed by atoms with Crippen molar-refractivity contribution in [3.05, 3.63) is 29.8 Å². The molecule has 0 fully saturated rings. The van der Waals surface area contributed by atoms with Crippen molar-refractivity contribution in [2.75, 3.05) is 13.1 Å². The lowest BCUT2D eigenvalue weighted by Gasteiger charge is -1.95. The summed E-state index contributed by atoms with van der Waals surface area (Å²) >= 11 is 0. The number of carbonyl (C=O) groups is 1. The lowest BCUT2D eigenvalue weighted by Crippen LogP contribution is -2.82. The van der Waals surface area contributed by atoms with Crippen molar-refractivity contribution in [2.45, 2.75) is 13.8 Å². The van der Waals surface area contributed by atoms with Gasteiger partial charge in [-0.25, -0.2) is 4.79 Å². The lowest BCUT2D eigenvalue weighted by molar-refractivity contribution is -0.648. The number of hydrogen-bond acceptors (Lipinski definition) is 2. The number of rotatable bonds is 3. The van der Waals surface area contributed by atoms with Gasteiger partial charge in [0, 0.05) is 0 Å². The van der Waals surface area contributed by atoms with Gasteiger partial charge < -0.3 is 15.5 Å². The second-order valence-electron chi connectivity index (χ2n) is 2.93. The number of aromatic carboxylic acids is 1. The first-order valence-corrected chi connectivity index (χ1v) is 4.96. The fourth-order valence-electron chi connectivity index (χ4n) is 0.943. The molecule has 0 amide bonds. The van der Waals surface area contributed by atoms with E-state index >= 15 is 0 Å². The van der Waals surface area contributed by atoms with Crippen molar-refractivity contribution in [1.29, 1.82) is 0 Å². The van der Waals surface area contributed by atoms with Crippen LogP contribution in [0.25, 0.3) is 0 Å². The van der Waals surface area contributed by atoms with Crippen LogP contribution in [0.3, 0.4) is 0 Å². The van der Waals surface area contributed by atoms with E-state index in [0.717, 1.165) is 0 Å². The number of para-hydroxylation sites is 1. The third-order valence-corrected chi connectivity index (χ3v) is 1.71. The van der Waals surface area contributed by atoms with Gasteiger partial charge in [0.25, 0.3) is 0 Å². The van der Waals surface area contributed by atoms with Crippen molar-refractivity contribution in [1.82, 2.24) is 0 Å². The molecular weight excluding hydrogens is 194 g/mol. The van der Waals surface area contributed by atoms with Gasteiger partial charge in [0.2, 0.25) is 0 Å². The number of phenols is 1. The van der Waals surface area contributed by atoms with Gasteiger partial charge in [-0.15, -0.1) is 0 Å². The predicted octanol–water partition coefficient (Wildman–Crippen LogP) is 0.680. The van der Waals surface area contributed by atoms with Crippen LogP contribution in [0, 0.1) is 0 Å². The van der Waals surface area contributed by atoms with Crippen molar-refractivity contribution < 1.29 is 20.3 Å². The highest BCUT2D eigenvalue weighted by Gasteiger charge is 2.05. The summed E-state index contributed by atoms with van der Waals surface area (Å²) < 4.78 is 0. The normalized spacial score (nSPS) is 8.93. The van der Waals surface area contributed by atoms with Gasteiger partial charge in [-0.2, -0.15) is 0 Å². The number of carboxylic acid groups (broad SMARTS) is 1. The number of benzene rings is 1. The first-order valence-electron chi connectivity index (χ1n) is 4.96. The zero-order valence-electron chi connectivity index (χ0n) is 9.10. The zero-order chi connectivity index (χ0) is 11.7. The molecule has 0 unspecified atom stereocenters. The Bertz CT molecular complexity index is 298. The van der Waals surface area contributed by atoms with Crippen LogP contribution in [0.4, 0.5) is 0 Å². The summed E-state index contributed by atoms with van der Waals surface area (Å²) in [5.74, 6) is -1.31. The molecule has 0 aliphatic carbocycles. The fourth-order valence-corrected chi connectivity index (χ4v) is 0.943. The summed E-state index contributed by atoms with van der Waals surface area (Å²) in [4.78, 5) is 10.3. The van der Waals surface area contributed by atoms with Gasteiger partial charge in [0.1, 0.15) is 11.3 Å². The summed E-state index contributed by atoms with van der Waals surface area (Å²) in [6.45, 7) is 6.75. The minimum absolute atomic E-state index is 0.0671. The lowest BCUT2D eigenvalue weighted by atomic mass is 10.2. The molecule has 0 heterocycles. The molecule has 0 spiro atoms. The van der Waals surface area contributed by atoms with Crippen LogP contribution in [0.15, 0.2) is 24.3 Å². The average Bonchev–Trinajstić information content (AvgIpc) is 2.20. The van der Waals surface area contributed by atoms with E-state index in [1.165, 1.54) is 25.2 Å². The molecule has 4 heteroatoms. The van der Waals surface area contributed by atoms with Gasteiger partial charge in [0.15, 0.2) is 0 Å². The van der Waals surface area contributed by atoms with Crippen molar-refractivity contribution in [3.63, 3.8) is 0 Å². The van der Waals surface area contributed by atoms with E-state index in [2.05, 4.69) is 19.2 Å². The summed E-state index contributed by atoms with van der Waals surface area (Å²) in [5.41, 5.74) is -0.0671. The van der Waals surface area contributed by atoms with Crippen LogP contribution in [-0.4, -0.2) is 29.3 Å². The molecule has 0 aliphatic heterocycles. The number of hydrogen-bond donors (Lipinski definition) is 3. The number of quaternary nitrogens is 1. The van der Waals surface area contributed by atoms with Crippen LogP contribution in [-0.2, 0) is 0 Å². The smallest absolute Gasteiger partial charge is 0.339 e. The van der Waals surface area contributed by atoms with Gasteiger partial charge in [0.05, 0.1) is 13.1 Å². The Kier molecular flexibility index (Phi) is 7.01. The molecular formula is C11H18NO3+. The Morgan fingerprint density at radius 2 is 1.80 bits per heavy atom. The summed E-state index contributed by atoms with van der Waals surface area (Å²) in [6, 6.07) is 5.81. The van der Waals surface area contributed by atoms with E-state index in [0.29, 0.717) is 0 Å². The molecule has 0 saturated carbocycles. The largest absolute Gasteiger partial charge is 0.507 e. The van der Waals surface area contributed by atoms with E-state index < -0.39 is 5.97 Å². The predicted molar refractivity (Wildman–Crippen MR) is 58.1 cm³/mol. The molecule has 0 atom stereocenters. The average molecular weight is 212 g/mol. The number of nitrogens with two attached hydrogens (primary N) is 1. The van der Waals surface area contributed by atoms with Crippen molar-refractivity contribution in [3.8, 4) is 5.75 Å². The maximum atomic E-state index is 10.3. The van der Waals surface area contributed by atoms with E-state index in [1.54, 1.807) is 12.1 Å². The van der Waals surface area contributed by atoms with Gasteiger partial charge in [-0.05, 0) is 26.0 Å². The molecule has 0 bridgehead atoms. The Balaban J connectivity index is 0.000000336. The summed E-state index contributed by atoms with van der Waals surface area (Å²) in [7, 11) is 0. The topological polar surface area (TPSA) is 74.1 Å². The second kappa shape index (κ2) is 7.82. The highest BCUT2D eigenvalue weighted by atomic mass is 16.4. The van der Waals surface area contributed by atoms with Crippen LogP contribution in [0.5, 0.6) is 5.75 Å². The SMILES string of the molecule is CC[NH2+]CC.O=C(O)c1ccccc1O. The third-order valence-electron chi connectivity index (χ3n) is 1.71. The monoisotopic (exact) mass is 212 g/mol. The maximum Gasteiger partial charge on any atom is 0.339 e. The first kappa shape index (κ1) is 13.4. The van der Waals surface area contributed by atoms with E-state index in [1.807, 2.05) is 0 Å². The molecule has 1 aromatic carbocycles. The van der Waals surface area contributed by atoms with Crippen LogP contribution >= 0.6 is 0 Å². The molecule has 84 valence electrons. The molecule has 1 rings (SSSR count). The van der Waals surface area contributed by atoms with Crippen LogP contribution in [0.1, 0.15) is 24.2 Å². The molecule has 1 aromatic rings. The quantitative estimate of drug-likeness (QED) is 0.689. The Hall–Kier alpha value is -1.55. The number of carboxylic acids is 1. The molecule has 4 nitrogen and oxygen atoms in total. The number of aromatic hydroxyl groups is 1. The Morgan fingerprint density at radius 3 is 2.07 bits per heavy atom. The van der Waals surface area contributed by atoms with Crippen molar-refractivity contribution >= 4 is 5.97 Å². The Labute approximate surface area is 89.6 Å². The van der Waals surface area contributed by atoms with Gasteiger partial charge in [-0.1, -0.05) is 12.1 Å². The molecule has 0 radical (unpaired) electrons. The molecule has 0 saturated heterocycles. The van der Waals surface area contributed by atoms with Crippen molar-refractivity contribution in [2.24, 2.45) is 0 Å². The highest BCUT2D eigenvalue weighted by Crippen LogP contribution is 2.14.